The van der Waals surface area contributed by atoms with Crippen LogP contribution in [-0.4, -0.2) is 30.0 Å². The maximum absolute atomic E-state index is 11.7. The lowest BCUT2D eigenvalue weighted by Crippen LogP contribution is -2.49. The van der Waals surface area contributed by atoms with Crippen molar-refractivity contribution in [3.8, 4) is 0 Å². The van der Waals surface area contributed by atoms with Crippen LogP contribution in [0, 0.1) is 5.92 Å². The van der Waals surface area contributed by atoms with Gasteiger partial charge in [0.2, 0.25) is 0 Å². The first kappa shape index (κ1) is 10.5. The van der Waals surface area contributed by atoms with Crippen LogP contribution in [0.1, 0.15) is 26.7 Å². The molecule has 0 unspecified atom stereocenters. The van der Waals surface area contributed by atoms with Crippen molar-refractivity contribution in [3.05, 3.63) is 0 Å². The van der Waals surface area contributed by atoms with Crippen molar-refractivity contribution in [1.82, 2.24) is 10.4 Å². The normalized spacial score (nSPS) is 21.6. The van der Waals surface area contributed by atoms with Crippen LogP contribution in [0.4, 0.5) is 0 Å². The summed E-state index contributed by atoms with van der Waals surface area (Å²) in [6.45, 7) is 5.75. The molecular formula is C9H19N3O. The molecule has 76 valence electrons. The minimum atomic E-state index is -0.351. The zero-order valence-electron chi connectivity index (χ0n) is 8.42. The molecule has 1 aliphatic heterocycles. The van der Waals surface area contributed by atoms with Gasteiger partial charge in [0.05, 0.1) is 6.04 Å². The fourth-order valence-corrected chi connectivity index (χ4v) is 1.40. The van der Waals surface area contributed by atoms with Crippen molar-refractivity contribution in [2.75, 3.05) is 13.1 Å². The Morgan fingerprint density at radius 1 is 1.69 bits per heavy atom. The molecule has 0 aromatic carbocycles. The highest BCUT2D eigenvalue weighted by molar-refractivity contribution is 5.81. The smallest absolute Gasteiger partial charge is 0.253 e. The number of carbonyl (C=O) groups is 1. The van der Waals surface area contributed by atoms with Crippen LogP contribution >= 0.6 is 0 Å². The largest absolute Gasteiger partial charge is 0.320 e. The molecule has 1 aliphatic rings. The predicted molar refractivity (Wildman–Crippen MR) is 51.8 cm³/mol. The summed E-state index contributed by atoms with van der Waals surface area (Å²) in [5, 5.41) is 1.65. The molecule has 1 fully saturated rings. The monoisotopic (exact) mass is 185 g/mol. The summed E-state index contributed by atoms with van der Waals surface area (Å²) in [6, 6.07) is -0.351. The minimum absolute atomic E-state index is 0.0341. The van der Waals surface area contributed by atoms with Gasteiger partial charge in [-0.15, -0.1) is 0 Å². The van der Waals surface area contributed by atoms with E-state index < -0.39 is 0 Å². The van der Waals surface area contributed by atoms with Crippen molar-refractivity contribution in [3.63, 3.8) is 0 Å². The lowest BCUT2D eigenvalue weighted by atomic mass is 9.99. The lowest BCUT2D eigenvalue weighted by molar-refractivity contribution is -0.135. The van der Waals surface area contributed by atoms with Gasteiger partial charge in [-0.3, -0.25) is 9.80 Å². The minimum Gasteiger partial charge on any atom is -0.320 e. The number of nitrogens with two attached hydrogens (primary N) is 1. The van der Waals surface area contributed by atoms with Crippen molar-refractivity contribution in [2.45, 2.75) is 32.7 Å². The Morgan fingerprint density at radius 2 is 2.38 bits per heavy atom. The number of nitrogens with one attached hydrogen (secondary N) is 1. The topological polar surface area (TPSA) is 58.4 Å². The third-order valence-electron chi connectivity index (χ3n) is 2.67. The van der Waals surface area contributed by atoms with Crippen LogP contribution in [0.3, 0.4) is 0 Å². The average Bonchev–Trinajstić information content (AvgIpc) is 2.67. The van der Waals surface area contributed by atoms with Crippen LogP contribution in [-0.2, 0) is 4.79 Å². The fourth-order valence-electron chi connectivity index (χ4n) is 1.40. The highest BCUT2D eigenvalue weighted by atomic mass is 16.2. The number of nitrogens with zero attached hydrogens (tertiary/aromatic N) is 1. The first-order valence-electron chi connectivity index (χ1n) is 4.97. The number of hydrogen-bond acceptors (Lipinski definition) is 3. The van der Waals surface area contributed by atoms with Gasteiger partial charge in [0.1, 0.15) is 0 Å². The van der Waals surface area contributed by atoms with E-state index in [-0.39, 0.29) is 17.9 Å². The van der Waals surface area contributed by atoms with Crippen LogP contribution in [0.15, 0.2) is 0 Å². The van der Waals surface area contributed by atoms with E-state index in [1.165, 1.54) is 0 Å². The molecule has 0 saturated carbocycles. The summed E-state index contributed by atoms with van der Waals surface area (Å²) in [4.78, 5) is 11.7. The second-order valence-electron chi connectivity index (χ2n) is 3.66. The Morgan fingerprint density at radius 3 is 2.85 bits per heavy atom. The summed E-state index contributed by atoms with van der Waals surface area (Å²) in [6.07, 6.45) is 1.97. The Bertz CT molecular complexity index is 178. The zero-order valence-corrected chi connectivity index (χ0v) is 8.42. The van der Waals surface area contributed by atoms with E-state index in [2.05, 4.69) is 12.3 Å². The van der Waals surface area contributed by atoms with Gasteiger partial charge in [0, 0.05) is 13.1 Å². The predicted octanol–water partition coefficient (Wildman–Crippen LogP) is 0.0967. The van der Waals surface area contributed by atoms with E-state index in [0.717, 1.165) is 25.9 Å². The maximum atomic E-state index is 11.7. The molecule has 0 spiro atoms. The van der Waals surface area contributed by atoms with Gasteiger partial charge in [-0.1, -0.05) is 20.3 Å². The highest BCUT2D eigenvalue weighted by Gasteiger charge is 2.26. The van der Waals surface area contributed by atoms with Crippen LogP contribution in [0.5, 0.6) is 0 Å². The molecule has 4 nitrogen and oxygen atoms in total. The lowest BCUT2D eigenvalue weighted by Gasteiger charge is -2.23. The number of hydrazine groups is 1. The van der Waals surface area contributed by atoms with Gasteiger partial charge in [-0.2, -0.15) is 0 Å². The standard InChI is InChI=1S/C9H19N3O/c1-3-7(2)8(10)9(13)12-6-4-5-11-12/h7-8,11H,3-6,10H2,1-2H3/t7-,8-/m0/s1. The molecule has 2 atom stereocenters. The molecule has 0 aromatic rings. The van der Waals surface area contributed by atoms with Crippen molar-refractivity contribution in [2.24, 2.45) is 11.7 Å². The Hall–Kier alpha value is -0.610. The molecule has 1 rings (SSSR count). The SMILES string of the molecule is CC[C@H](C)[C@H](N)C(=O)N1CCCN1. The summed E-state index contributed by atoms with van der Waals surface area (Å²) in [7, 11) is 0. The average molecular weight is 185 g/mol. The van der Waals surface area contributed by atoms with Gasteiger partial charge < -0.3 is 5.73 Å². The molecule has 3 N–H and O–H groups in total. The zero-order chi connectivity index (χ0) is 9.84. The number of carbonyl (C=O) groups excluding carboxylic acids is 1. The van der Waals surface area contributed by atoms with Gasteiger partial charge in [-0.05, 0) is 12.3 Å². The summed E-state index contributed by atoms with van der Waals surface area (Å²) >= 11 is 0. The quantitative estimate of drug-likeness (QED) is 0.655. The molecule has 0 radical (unpaired) electrons. The van der Waals surface area contributed by atoms with Crippen LogP contribution in [0.25, 0.3) is 0 Å². The van der Waals surface area contributed by atoms with E-state index in [0.29, 0.717) is 0 Å². The molecular weight excluding hydrogens is 166 g/mol. The third kappa shape index (κ3) is 2.42. The Labute approximate surface area is 79.4 Å². The third-order valence-corrected chi connectivity index (χ3v) is 2.67. The van der Waals surface area contributed by atoms with Crippen LogP contribution < -0.4 is 11.2 Å². The molecule has 1 saturated heterocycles. The van der Waals surface area contributed by atoms with Gasteiger partial charge in [0.25, 0.3) is 5.91 Å². The summed E-state index contributed by atoms with van der Waals surface area (Å²) < 4.78 is 0. The molecule has 1 heterocycles. The molecule has 13 heavy (non-hydrogen) atoms. The van der Waals surface area contributed by atoms with Crippen LogP contribution in [0.2, 0.25) is 0 Å². The van der Waals surface area contributed by atoms with E-state index >= 15 is 0 Å². The summed E-state index contributed by atoms with van der Waals surface area (Å²) in [5.74, 6) is 0.293. The summed E-state index contributed by atoms with van der Waals surface area (Å²) in [5.41, 5.74) is 8.84. The van der Waals surface area contributed by atoms with Crippen molar-refractivity contribution >= 4 is 5.91 Å². The number of rotatable bonds is 3. The number of hydrogen-bond donors (Lipinski definition) is 2. The molecule has 0 aromatic heterocycles. The van der Waals surface area contributed by atoms with Crippen molar-refractivity contribution in [1.29, 1.82) is 0 Å². The van der Waals surface area contributed by atoms with E-state index in [1.54, 1.807) is 5.01 Å². The Kier molecular flexibility index (Phi) is 3.69. The van der Waals surface area contributed by atoms with Gasteiger partial charge in [-0.25, -0.2) is 5.43 Å². The first-order chi connectivity index (χ1) is 6.16. The molecule has 0 bridgehead atoms. The molecule has 4 heteroatoms. The van der Waals surface area contributed by atoms with E-state index in [9.17, 15) is 4.79 Å². The maximum Gasteiger partial charge on any atom is 0.253 e. The number of amides is 1. The second-order valence-corrected chi connectivity index (χ2v) is 3.66. The molecule has 1 amide bonds. The fraction of sp³-hybridized carbons (Fsp3) is 0.889. The highest BCUT2D eigenvalue weighted by Crippen LogP contribution is 2.09. The first-order valence-corrected chi connectivity index (χ1v) is 4.97. The van der Waals surface area contributed by atoms with Gasteiger partial charge in [0.15, 0.2) is 0 Å². The molecule has 0 aliphatic carbocycles. The second kappa shape index (κ2) is 4.58. The van der Waals surface area contributed by atoms with E-state index in [1.807, 2.05) is 6.92 Å². The Balaban J connectivity index is 2.45. The van der Waals surface area contributed by atoms with Gasteiger partial charge >= 0.3 is 0 Å². The van der Waals surface area contributed by atoms with Crippen molar-refractivity contribution < 1.29 is 4.79 Å². The van der Waals surface area contributed by atoms with E-state index in [4.69, 9.17) is 5.73 Å².